The predicted octanol–water partition coefficient (Wildman–Crippen LogP) is 3.64. The molecule has 4 nitrogen and oxygen atoms in total. The molecule has 1 atom stereocenters. The van der Waals surface area contributed by atoms with Crippen LogP contribution >= 0.6 is 0 Å². The fourth-order valence-electron chi connectivity index (χ4n) is 2.72. The minimum absolute atomic E-state index is 0.0745. The van der Waals surface area contributed by atoms with Crippen LogP contribution in [0.1, 0.15) is 56.2 Å². The number of rotatable bonds is 6. The van der Waals surface area contributed by atoms with Crippen LogP contribution in [0.2, 0.25) is 0 Å². The number of ether oxygens (including phenoxy) is 1. The summed E-state index contributed by atoms with van der Waals surface area (Å²) in [4.78, 5) is 13.7. The number of unbranched alkanes of at least 4 members (excludes halogenated alkanes) is 3. The van der Waals surface area contributed by atoms with Gasteiger partial charge in [0.2, 0.25) is 0 Å². The zero-order valence-corrected chi connectivity index (χ0v) is 13.1. The van der Waals surface area contributed by atoms with Gasteiger partial charge in [-0.25, -0.2) is 4.79 Å². The molecule has 2 rings (SSSR count). The Bertz CT molecular complexity index is 488. The Balaban J connectivity index is 1.86. The summed E-state index contributed by atoms with van der Waals surface area (Å²) >= 11 is 0. The van der Waals surface area contributed by atoms with E-state index in [1.807, 2.05) is 18.2 Å². The van der Waals surface area contributed by atoms with Crippen LogP contribution in [0.15, 0.2) is 18.2 Å². The van der Waals surface area contributed by atoms with Crippen molar-refractivity contribution < 1.29 is 9.53 Å². The number of fused-ring (bicyclic) bond motifs is 1. The van der Waals surface area contributed by atoms with Crippen molar-refractivity contribution >= 4 is 6.09 Å². The number of nitrogens with two attached hydrogens (primary N) is 1. The second kappa shape index (κ2) is 7.46. The Morgan fingerprint density at radius 3 is 2.95 bits per heavy atom. The fourth-order valence-corrected chi connectivity index (χ4v) is 2.72. The van der Waals surface area contributed by atoms with Gasteiger partial charge >= 0.3 is 6.09 Å². The summed E-state index contributed by atoms with van der Waals surface area (Å²) in [6.45, 7) is 2.92. The number of aryl methyl sites for hydroxylation is 1. The van der Waals surface area contributed by atoms with Crippen LogP contribution in [0.5, 0.6) is 5.75 Å². The summed E-state index contributed by atoms with van der Waals surface area (Å²) in [5.74, 6) is 0.594. The first-order chi connectivity index (χ1) is 10.1. The second-order valence-corrected chi connectivity index (χ2v) is 5.86. The molecule has 4 heteroatoms. The lowest BCUT2D eigenvalue weighted by atomic mass is 10.1. The van der Waals surface area contributed by atoms with Crippen molar-refractivity contribution in [3.8, 4) is 5.75 Å². The van der Waals surface area contributed by atoms with E-state index in [0.717, 1.165) is 37.8 Å². The van der Waals surface area contributed by atoms with Gasteiger partial charge in [0.1, 0.15) is 5.75 Å². The van der Waals surface area contributed by atoms with E-state index in [2.05, 4.69) is 6.92 Å². The van der Waals surface area contributed by atoms with Gasteiger partial charge in [-0.15, -0.1) is 0 Å². The normalized spacial score (nSPS) is 16.6. The molecule has 1 amide bonds. The van der Waals surface area contributed by atoms with Gasteiger partial charge in [-0.05, 0) is 42.5 Å². The van der Waals surface area contributed by atoms with Gasteiger partial charge in [0.25, 0.3) is 0 Å². The number of carbonyl (C=O) groups is 1. The summed E-state index contributed by atoms with van der Waals surface area (Å²) in [6, 6.07) is 5.87. The van der Waals surface area contributed by atoms with Gasteiger partial charge < -0.3 is 15.4 Å². The summed E-state index contributed by atoms with van der Waals surface area (Å²) in [7, 11) is 1.79. The third-order valence-corrected chi connectivity index (χ3v) is 4.11. The SMILES string of the molecule is CCCCCCN(C)C(=O)Oc1ccc2c(c1)C(N)CC2. The molecule has 0 aliphatic heterocycles. The minimum atomic E-state index is -0.294. The minimum Gasteiger partial charge on any atom is -0.410 e. The molecular formula is C17H26N2O2. The van der Waals surface area contributed by atoms with Crippen molar-refractivity contribution in [1.29, 1.82) is 0 Å². The molecule has 0 fully saturated rings. The maximum atomic E-state index is 12.0. The molecule has 116 valence electrons. The van der Waals surface area contributed by atoms with E-state index >= 15 is 0 Å². The average molecular weight is 290 g/mol. The lowest BCUT2D eigenvalue weighted by molar-refractivity contribution is 0.162. The van der Waals surface area contributed by atoms with Gasteiger partial charge in [-0.3, -0.25) is 0 Å². The Kier molecular flexibility index (Phi) is 5.62. The lowest BCUT2D eigenvalue weighted by Gasteiger charge is -2.17. The van der Waals surface area contributed by atoms with Crippen LogP contribution < -0.4 is 10.5 Å². The van der Waals surface area contributed by atoms with E-state index in [1.165, 1.54) is 18.4 Å². The Labute approximate surface area is 127 Å². The van der Waals surface area contributed by atoms with E-state index in [9.17, 15) is 4.79 Å². The van der Waals surface area contributed by atoms with Crippen LogP contribution in [0.3, 0.4) is 0 Å². The highest BCUT2D eigenvalue weighted by Crippen LogP contribution is 2.32. The van der Waals surface area contributed by atoms with Crippen molar-refractivity contribution in [3.63, 3.8) is 0 Å². The highest BCUT2D eigenvalue weighted by atomic mass is 16.6. The van der Waals surface area contributed by atoms with Crippen LogP contribution in [0.4, 0.5) is 4.79 Å². The number of nitrogens with zero attached hydrogens (tertiary/aromatic N) is 1. The molecule has 0 spiro atoms. The molecule has 1 unspecified atom stereocenters. The van der Waals surface area contributed by atoms with E-state index in [1.54, 1.807) is 11.9 Å². The van der Waals surface area contributed by atoms with Gasteiger partial charge in [0.05, 0.1) is 0 Å². The number of amides is 1. The first kappa shape index (κ1) is 15.8. The molecule has 1 aromatic carbocycles. The van der Waals surface area contributed by atoms with Crippen molar-refractivity contribution in [2.24, 2.45) is 5.73 Å². The monoisotopic (exact) mass is 290 g/mol. The maximum absolute atomic E-state index is 12.0. The van der Waals surface area contributed by atoms with Gasteiger partial charge in [0, 0.05) is 19.6 Å². The molecule has 0 aromatic heterocycles. The average Bonchev–Trinajstić information content (AvgIpc) is 2.84. The van der Waals surface area contributed by atoms with Gasteiger partial charge in [-0.1, -0.05) is 32.3 Å². The molecule has 1 aliphatic carbocycles. The molecule has 0 heterocycles. The first-order valence-electron chi connectivity index (χ1n) is 7.93. The smallest absolute Gasteiger partial charge is 0.410 e. The van der Waals surface area contributed by atoms with Crippen molar-refractivity contribution in [2.75, 3.05) is 13.6 Å². The second-order valence-electron chi connectivity index (χ2n) is 5.86. The first-order valence-corrected chi connectivity index (χ1v) is 7.93. The summed E-state index contributed by atoms with van der Waals surface area (Å²) in [5, 5.41) is 0. The van der Waals surface area contributed by atoms with Crippen LogP contribution in [0.25, 0.3) is 0 Å². The van der Waals surface area contributed by atoms with Gasteiger partial charge in [-0.2, -0.15) is 0 Å². The van der Waals surface area contributed by atoms with Crippen LogP contribution in [-0.2, 0) is 6.42 Å². The highest BCUT2D eigenvalue weighted by Gasteiger charge is 2.20. The Hall–Kier alpha value is -1.55. The van der Waals surface area contributed by atoms with Crippen molar-refractivity contribution in [2.45, 2.75) is 51.5 Å². The quantitative estimate of drug-likeness (QED) is 0.814. The number of benzene rings is 1. The number of hydrogen-bond acceptors (Lipinski definition) is 3. The standard InChI is InChI=1S/C17H26N2O2/c1-3-4-5-6-11-19(2)17(20)21-14-9-7-13-8-10-16(18)15(13)12-14/h7,9,12,16H,3-6,8,10-11,18H2,1-2H3. The lowest BCUT2D eigenvalue weighted by Crippen LogP contribution is -2.30. The third-order valence-electron chi connectivity index (χ3n) is 4.11. The van der Waals surface area contributed by atoms with Crippen molar-refractivity contribution in [1.82, 2.24) is 4.90 Å². The van der Waals surface area contributed by atoms with E-state index in [0.29, 0.717) is 5.75 Å². The number of carbonyl (C=O) groups excluding carboxylic acids is 1. The molecule has 0 radical (unpaired) electrons. The fraction of sp³-hybridized carbons (Fsp3) is 0.588. The molecule has 1 aliphatic rings. The van der Waals surface area contributed by atoms with Crippen LogP contribution in [0, 0.1) is 0 Å². The molecule has 21 heavy (non-hydrogen) atoms. The number of hydrogen-bond donors (Lipinski definition) is 1. The predicted molar refractivity (Wildman–Crippen MR) is 84.5 cm³/mol. The van der Waals surface area contributed by atoms with E-state index in [4.69, 9.17) is 10.5 Å². The highest BCUT2D eigenvalue weighted by molar-refractivity contribution is 5.70. The summed E-state index contributed by atoms with van der Waals surface area (Å²) in [6.07, 6.45) is 6.29. The molecular weight excluding hydrogens is 264 g/mol. The zero-order chi connectivity index (χ0) is 15.2. The molecule has 0 saturated heterocycles. The van der Waals surface area contributed by atoms with E-state index < -0.39 is 0 Å². The summed E-state index contributed by atoms with van der Waals surface area (Å²) < 4.78 is 5.44. The topological polar surface area (TPSA) is 55.6 Å². The van der Waals surface area contributed by atoms with E-state index in [-0.39, 0.29) is 12.1 Å². The maximum Gasteiger partial charge on any atom is 0.414 e. The van der Waals surface area contributed by atoms with Gasteiger partial charge in [0.15, 0.2) is 0 Å². The van der Waals surface area contributed by atoms with Crippen molar-refractivity contribution in [3.05, 3.63) is 29.3 Å². The molecule has 1 aromatic rings. The Morgan fingerprint density at radius 1 is 1.38 bits per heavy atom. The molecule has 0 saturated carbocycles. The Morgan fingerprint density at radius 2 is 2.19 bits per heavy atom. The zero-order valence-electron chi connectivity index (χ0n) is 13.1. The largest absolute Gasteiger partial charge is 0.414 e. The third kappa shape index (κ3) is 4.21. The molecule has 2 N–H and O–H groups in total. The van der Waals surface area contributed by atoms with Crippen LogP contribution in [-0.4, -0.2) is 24.6 Å². The molecule has 0 bridgehead atoms. The summed E-state index contributed by atoms with van der Waals surface area (Å²) in [5.41, 5.74) is 8.44.